The summed E-state index contributed by atoms with van der Waals surface area (Å²) < 4.78 is 1.77. The molecule has 0 unspecified atom stereocenters. The van der Waals surface area contributed by atoms with Crippen LogP contribution in [0.25, 0.3) is 11.8 Å². The summed E-state index contributed by atoms with van der Waals surface area (Å²) in [5.41, 5.74) is 4.39. The highest BCUT2D eigenvalue weighted by Crippen LogP contribution is 2.31. The Hall–Kier alpha value is -4.11. The Bertz CT molecular complexity index is 1390. The van der Waals surface area contributed by atoms with Gasteiger partial charge in [0.1, 0.15) is 0 Å². The number of carbonyl (C=O) groups is 3. The van der Waals surface area contributed by atoms with Crippen molar-refractivity contribution in [3.8, 4) is 5.69 Å². The number of amidine groups is 1. The van der Waals surface area contributed by atoms with Crippen molar-refractivity contribution in [2.24, 2.45) is 4.99 Å². The van der Waals surface area contributed by atoms with Crippen LogP contribution in [0.3, 0.4) is 0 Å². The number of aliphatic imine (C=N–C) groups is 1. The van der Waals surface area contributed by atoms with E-state index in [1.165, 1.54) is 29.5 Å². The molecule has 4 rings (SSSR count). The minimum Gasteiger partial charge on any atom is -0.478 e. The Morgan fingerprint density at radius 2 is 1.66 bits per heavy atom. The predicted octanol–water partition coefficient (Wildman–Crippen LogP) is 4.94. The third kappa shape index (κ3) is 5.04. The molecule has 2 aromatic carbocycles. The van der Waals surface area contributed by atoms with Crippen LogP contribution >= 0.6 is 11.8 Å². The molecular formula is C26H23N3O5S. The molecule has 178 valence electrons. The topological polar surface area (TPSA) is 121 Å². The minimum absolute atomic E-state index is 0.120. The van der Waals surface area contributed by atoms with Crippen LogP contribution in [-0.4, -0.2) is 37.8 Å². The maximum Gasteiger partial charge on any atom is 0.335 e. The molecule has 3 N–H and O–H groups in total. The molecule has 35 heavy (non-hydrogen) atoms. The highest BCUT2D eigenvalue weighted by Gasteiger charge is 2.25. The Labute approximate surface area is 206 Å². The van der Waals surface area contributed by atoms with Crippen molar-refractivity contribution < 1.29 is 24.6 Å². The number of aryl methyl sites for hydroxylation is 2. The molecule has 1 saturated heterocycles. The summed E-state index contributed by atoms with van der Waals surface area (Å²) in [6.07, 6.45) is 2.69. The smallest absolute Gasteiger partial charge is 0.335 e. The molecule has 1 aliphatic rings. The first-order chi connectivity index (χ1) is 16.7. The molecule has 0 saturated carbocycles. The number of aromatic nitrogens is 1. The monoisotopic (exact) mass is 489 g/mol. The molecule has 1 amide bonds. The largest absolute Gasteiger partial charge is 0.478 e. The van der Waals surface area contributed by atoms with Crippen LogP contribution in [0.1, 0.15) is 50.2 Å². The van der Waals surface area contributed by atoms with Crippen LogP contribution in [-0.2, 0) is 11.2 Å². The molecule has 2 heterocycles. The Morgan fingerprint density at radius 3 is 2.23 bits per heavy atom. The van der Waals surface area contributed by atoms with Gasteiger partial charge in [-0.25, -0.2) is 14.6 Å². The summed E-state index contributed by atoms with van der Waals surface area (Å²) in [4.78, 5) is 40.6. The maximum atomic E-state index is 12.6. The number of carboxylic acid groups (broad SMARTS) is 2. The average molecular weight is 490 g/mol. The second-order valence-corrected chi connectivity index (χ2v) is 9.07. The van der Waals surface area contributed by atoms with Gasteiger partial charge in [0.25, 0.3) is 5.91 Å². The number of carboxylic acids is 2. The number of hydrogen-bond acceptors (Lipinski definition) is 5. The number of amides is 1. The summed E-state index contributed by atoms with van der Waals surface area (Å²) in [5, 5.41) is 22.1. The molecular weight excluding hydrogens is 466 g/mol. The lowest BCUT2D eigenvalue weighted by atomic mass is 10.1. The normalized spacial score (nSPS) is 15.6. The lowest BCUT2D eigenvalue weighted by Gasteiger charge is -2.12. The van der Waals surface area contributed by atoms with Crippen LogP contribution in [0.4, 0.5) is 5.69 Å². The van der Waals surface area contributed by atoms with E-state index >= 15 is 0 Å². The van der Waals surface area contributed by atoms with Gasteiger partial charge in [0.2, 0.25) is 0 Å². The molecule has 1 aromatic heterocycles. The zero-order chi connectivity index (χ0) is 25.3. The van der Waals surface area contributed by atoms with E-state index in [4.69, 9.17) is 0 Å². The van der Waals surface area contributed by atoms with Crippen molar-refractivity contribution in [1.29, 1.82) is 0 Å². The van der Waals surface area contributed by atoms with Crippen LogP contribution in [0.15, 0.2) is 58.4 Å². The van der Waals surface area contributed by atoms with E-state index in [0.29, 0.717) is 15.8 Å². The number of nitrogens with zero attached hydrogens (tertiary/aromatic N) is 2. The van der Waals surface area contributed by atoms with Crippen LogP contribution < -0.4 is 5.32 Å². The summed E-state index contributed by atoms with van der Waals surface area (Å²) in [5.74, 6) is -2.69. The van der Waals surface area contributed by atoms with Crippen molar-refractivity contribution in [2.45, 2.75) is 27.2 Å². The highest BCUT2D eigenvalue weighted by molar-refractivity contribution is 8.18. The first-order valence-corrected chi connectivity index (χ1v) is 11.7. The van der Waals surface area contributed by atoms with E-state index in [0.717, 1.165) is 35.1 Å². The first-order valence-electron chi connectivity index (χ1n) is 10.9. The molecule has 3 aromatic rings. The van der Waals surface area contributed by atoms with Gasteiger partial charge in [-0.2, -0.15) is 0 Å². The highest BCUT2D eigenvalue weighted by atomic mass is 32.2. The van der Waals surface area contributed by atoms with Crippen molar-refractivity contribution in [3.63, 3.8) is 0 Å². The van der Waals surface area contributed by atoms with Gasteiger partial charge in [-0.05, 0) is 85.6 Å². The zero-order valence-corrected chi connectivity index (χ0v) is 20.1. The molecule has 0 bridgehead atoms. The number of hydrogen-bond donors (Lipinski definition) is 3. The van der Waals surface area contributed by atoms with E-state index in [-0.39, 0.29) is 17.0 Å². The fraction of sp³-hybridized carbons (Fsp3) is 0.154. The lowest BCUT2D eigenvalue weighted by Crippen LogP contribution is -2.19. The van der Waals surface area contributed by atoms with Crippen LogP contribution in [0, 0.1) is 13.8 Å². The predicted molar refractivity (Wildman–Crippen MR) is 136 cm³/mol. The van der Waals surface area contributed by atoms with Gasteiger partial charge in [-0.3, -0.25) is 4.79 Å². The summed E-state index contributed by atoms with van der Waals surface area (Å²) in [7, 11) is 0. The Kier molecular flexibility index (Phi) is 6.61. The fourth-order valence-electron chi connectivity index (χ4n) is 3.86. The molecule has 8 nitrogen and oxygen atoms in total. The maximum absolute atomic E-state index is 12.6. The van der Waals surface area contributed by atoms with Gasteiger partial charge >= 0.3 is 11.9 Å². The number of nitrogens with one attached hydrogen (secondary N) is 1. The third-order valence-electron chi connectivity index (χ3n) is 5.65. The molecule has 1 fully saturated rings. The number of thioether (sulfide) groups is 1. The van der Waals surface area contributed by atoms with Gasteiger partial charge in [-0.1, -0.05) is 19.1 Å². The molecule has 9 heteroatoms. The molecule has 0 aliphatic carbocycles. The SMILES string of the molecule is CCc1ccc(N=C2NC(=O)/C(=C/c3cc(C)n(-c4cc(C(=O)O)cc(C(=O)O)c4)c3C)S2)cc1. The first kappa shape index (κ1) is 24.0. The number of rotatable bonds is 6. The Balaban J connectivity index is 1.67. The van der Waals surface area contributed by atoms with Gasteiger partial charge in [0.15, 0.2) is 5.17 Å². The molecule has 1 aliphatic heterocycles. The van der Waals surface area contributed by atoms with E-state index in [1.54, 1.807) is 10.6 Å². The minimum atomic E-state index is -1.21. The lowest BCUT2D eigenvalue weighted by molar-refractivity contribution is -0.115. The molecule has 0 spiro atoms. The average Bonchev–Trinajstić information content (AvgIpc) is 3.31. The second-order valence-electron chi connectivity index (χ2n) is 8.04. The second kappa shape index (κ2) is 9.63. The van der Waals surface area contributed by atoms with Crippen molar-refractivity contribution >= 4 is 46.5 Å². The number of aromatic carboxylic acids is 2. The molecule has 0 radical (unpaired) electrons. The van der Waals surface area contributed by atoms with Gasteiger partial charge < -0.3 is 20.1 Å². The van der Waals surface area contributed by atoms with Gasteiger partial charge in [0.05, 0.1) is 21.7 Å². The zero-order valence-electron chi connectivity index (χ0n) is 19.3. The third-order valence-corrected chi connectivity index (χ3v) is 6.56. The van der Waals surface area contributed by atoms with Crippen molar-refractivity contribution in [1.82, 2.24) is 9.88 Å². The summed E-state index contributed by atoms with van der Waals surface area (Å²) >= 11 is 1.24. The summed E-state index contributed by atoms with van der Waals surface area (Å²) in [6, 6.07) is 13.7. The quantitative estimate of drug-likeness (QED) is 0.422. The van der Waals surface area contributed by atoms with Crippen molar-refractivity contribution in [3.05, 3.63) is 87.1 Å². The van der Waals surface area contributed by atoms with Crippen LogP contribution in [0.5, 0.6) is 0 Å². The van der Waals surface area contributed by atoms with Crippen LogP contribution in [0.2, 0.25) is 0 Å². The van der Waals surface area contributed by atoms with E-state index in [1.807, 2.05) is 44.2 Å². The Morgan fingerprint density at radius 1 is 1.03 bits per heavy atom. The standard InChI is InChI=1S/C26H23N3O5S/c1-4-16-5-7-20(8-6-16)27-26-28-23(30)22(35-26)13-17-9-14(2)29(15(17)3)21-11-18(24(31)32)10-19(12-21)25(33)34/h5-13H,4H2,1-3H3,(H,31,32)(H,33,34)(H,27,28,30)/b22-13-. The van der Waals surface area contributed by atoms with Gasteiger partial charge in [0, 0.05) is 17.1 Å². The van der Waals surface area contributed by atoms with Crippen molar-refractivity contribution in [2.75, 3.05) is 0 Å². The fourth-order valence-corrected chi connectivity index (χ4v) is 4.70. The summed E-state index contributed by atoms with van der Waals surface area (Å²) in [6.45, 7) is 5.74. The number of benzene rings is 2. The molecule has 0 atom stereocenters. The van der Waals surface area contributed by atoms with E-state index in [2.05, 4.69) is 17.2 Å². The number of carbonyl (C=O) groups excluding carboxylic acids is 1. The van der Waals surface area contributed by atoms with E-state index < -0.39 is 11.9 Å². The van der Waals surface area contributed by atoms with E-state index in [9.17, 15) is 24.6 Å². The van der Waals surface area contributed by atoms with Gasteiger partial charge in [-0.15, -0.1) is 0 Å².